The highest BCUT2D eigenvalue weighted by Crippen LogP contribution is 2.06. The molecule has 0 aliphatic heterocycles. The molecule has 2 rings (SSSR count). The van der Waals surface area contributed by atoms with E-state index in [0.717, 1.165) is 12.0 Å². The maximum atomic E-state index is 12.0. The Morgan fingerprint density at radius 1 is 1.14 bits per heavy atom. The SMILES string of the molecule is CCC(C)Nc1ccc(C(=O)NCc2ccccc2)nn1. The van der Waals surface area contributed by atoms with Crippen molar-refractivity contribution in [1.82, 2.24) is 15.5 Å². The van der Waals surface area contributed by atoms with Crippen molar-refractivity contribution in [2.45, 2.75) is 32.9 Å². The van der Waals surface area contributed by atoms with E-state index in [2.05, 4.69) is 34.7 Å². The highest BCUT2D eigenvalue weighted by atomic mass is 16.1. The van der Waals surface area contributed by atoms with Crippen molar-refractivity contribution in [3.05, 3.63) is 53.7 Å². The van der Waals surface area contributed by atoms with Gasteiger partial charge in [0.25, 0.3) is 5.91 Å². The van der Waals surface area contributed by atoms with Crippen molar-refractivity contribution in [1.29, 1.82) is 0 Å². The smallest absolute Gasteiger partial charge is 0.272 e. The number of hydrogen-bond donors (Lipinski definition) is 2. The molecule has 0 radical (unpaired) electrons. The van der Waals surface area contributed by atoms with Crippen molar-refractivity contribution in [3.63, 3.8) is 0 Å². The van der Waals surface area contributed by atoms with Crippen molar-refractivity contribution >= 4 is 11.7 Å². The van der Waals surface area contributed by atoms with Crippen molar-refractivity contribution in [3.8, 4) is 0 Å². The summed E-state index contributed by atoms with van der Waals surface area (Å²) in [5.74, 6) is 0.463. The molecule has 21 heavy (non-hydrogen) atoms. The lowest BCUT2D eigenvalue weighted by molar-refractivity contribution is 0.0945. The summed E-state index contributed by atoms with van der Waals surface area (Å²) in [4.78, 5) is 12.0. The minimum Gasteiger partial charge on any atom is -0.366 e. The normalized spacial score (nSPS) is 11.7. The number of nitrogens with one attached hydrogen (secondary N) is 2. The second kappa shape index (κ2) is 7.38. The van der Waals surface area contributed by atoms with Gasteiger partial charge in [-0.2, -0.15) is 0 Å². The summed E-state index contributed by atoms with van der Waals surface area (Å²) in [6.45, 7) is 4.65. The summed E-state index contributed by atoms with van der Waals surface area (Å²) in [6.07, 6.45) is 1.00. The fourth-order valence-corrected chi connectivity index (χ4v) is 1.75. The first-order valence-electron chi connectivity index (χ1n) is 7.11. The van der Waals surface area contributed by atoms with Crippen LogP contribution >= 0.6 is 0 Å². The van der Waals surface area contributed by atoms with Gasteiger partial charge in [-0.3, -0.25) is 4.79 Å². The third-order valence-electron chi connectivity index (χ3n) is 3.20. The minimum absolute atomic E-state index is 0.221. The summed E-state index contributed by atoms with van der Waals surface area (Å²) in [7, 11) is 0. The molecule has 0 bridgehead atoms. The molecule has 0 fully saturated rings. The second-order valence-electron chi connectivity index (χ2n) is 4.93. The summed E-state index contributed by atoms with van der Waals surface area (Å²) >= 11 is 0. The Labute approximate surface area is 124 Å². The molecule has 0 saturated heterocycles. The molecule has 1 atom stereocenters. The lowest BCUT2D eigenvalue weighted by atomic mass is 10.2. The number of aromatic nitrogens is 2. The number of nitrogens with zero attached hydrogens (tertiary/aromatic N) is 2. The van der Waals surface area contributed by atoms with Crippen LogP contribution in [-0.4, -0.2) is 22.1 Å². The molecule has 0 spiro atoms. The molecule has 1 heterocycles. The summed E-state index contributed by atoms with van der Waals surface area (Å²) in [5, 5.41) is 14.0. The van der Waals surface area contributed by atoms with Gasteiger partial charge in [0.05, 0.1) is 0 Å². The quantitative estimate of drug-likeness (QED) is 0.855. The molecular formula is C16H20N4O. The predicted octanol–water partition coefficient (Wildman–Crippen LogP) is 2.62. The molecule has 0 aliphatic rings. The second-order valence-corrected chi connectivity index (χ2v) is 4.93. The number of carbonyl (C=O) groups excluding carboxylic acids is 1. The molecule has 1 amide bonds. The van der Waals surface area contributed by atoms with Gasteiger partial charge in [-0.15, -0.1) is 10.2 Å². The summed E-state index contributed by atoms with van der Waals surface area (Å²) in [6, 6.07) is 13.5. The van der Waals surface area contributed by atoms with E-state index in [9.17, 15) is 4.79 Å². The Balaban J connectivity index is 1.90. The van der Waals surface area contributed by atoms with Crippen LogP contribution in [0.2, 0.25) is 0 Å². The highest BCUT2D eigenvalue weighted by molar-refractivity contribution is 5.92. The first kappa shape index (κ1) is 15.0. The maximum Gasteiger partial charge on any atom is 0.272 e. The van der Waals surface area contributed by atoms with Gasteiger partial charge in [0.15, 0.2) is 5.69 Å². The predicted molar refractivity (Wildman–Crippen MR) is 83.0 cm³/mol. The molecule has 1 unspecified atom stereocenters. The first-order chi connectivity index (χ1) is 10.2. The van der Waals surface area contributed by atoms with Crippen LogP contribution in [-0.2, 0) is 6.54 Å². The molecule has 0 aliphatic carbocycles. The highest BCUT2D eigenvalue weighted by Gasteiger charge is 2.08. The lowest BCUT2D eigenvalue weighted by Crippen LogP contribution is -2.24. The first-order valence-corrected chi connectivity index (χ1v) is 7.11. The van der Waals surface area contributed by atoms with Crippen molar-refractivity contribution < 1.29 is 4.79 Å². The lowest BCUT2D eigenvalue weighted by Gasteiger charge is -2.11. The summed E-state index contributed by atoms with van der Waals surface area (Å²) < 4.78 is 0. The van der Waals surface area contributed by atoms with Crippen molar-refractivity contribution in [2.24, 2.45) is 0 Å². The number of amides is 1. The Kier molecular flexibility index (Phi) is 5.26. The van der Waals surface area contributed by atoms with Crippen LogP contribution in [0.3, 0.4) is 0 Å². The van der Waals surface area contributed by atoms with Crippen LogP contribution in [0.15, 0.2) is 42.5 Å². The number of hydrogen-bond acceptors (Lipinski definition) is 4. The standard InChI is InChI=1S/C16H20N4O/c1-3-12(2)18-15-10-9-14(19-20-15)16(21)17-11-13-7-5-4-6-8-13/h4-10,12H,3,11H2,1-2H3,(H,17,21)(H,18,20). The van der Waals surface area contributed by atoms with Gasteiger partial charge in [-0.25, -0.2) is 0 Å². The van der Waals surface area contributed by atoms with Crippen LogP contribution < -0.4 is 10.6 Å². The largest absolute Gasteiger partial charge is 0.366 e. The molecule has 5 nitrogen and oxygen atoms in total. The van der Waals surface area contributed by atoms with E-state index in [1.807, 2.05) is 30.3 Å². The van der Waals surface area contributed by atoms with E-state index in [-0.39, 0.29) is 5.91 Å². The zero-order chi connectivity index (χ0) is 15.1. The maximum absolute atomic E-state index is 12.0. The van der Waals surface area contributed by atoms with E-state index < -0.39 is 0 Å². The number of benzene rings is 1. The average Bonchev–Trinajstić information content (AvgIpc) is 2.54. The molecule has 2 N–H and O–H groups in total. The van der Waals surface area contributed by atoms with Crippen LogP contribution in [0.5, 0.6) is 0 Å². The van der Waals surface area contributed by atoms with Crippen LogP contribution in [0, 0.1) is 0 Å². The molecule has 5 heteroatoms. The molecule has 1 aromatic carbocycles. The average molecular weight is 284 g/mol. The third kappa shape index (κ3) is 4.56. The van der Waals surface area contributed by atoms with Gasteiger partial charge in [0, 0.05) is 12.6 Å². The van der Waals surface area contributed by atoms with Gasteiger partial charge in [0.1, 0.15) is 5.82 Å². The fourth-order valence-electron chi connectivity index (χ4n) is 1.75. The van der Waals surface area contributed by atoms with Gasteiger partial charge in [0.2, 0.25) is 0 Å². The van der Waals surface area contributed by atoms with Gasteiger partial charge in [-0.1, -0.05) is 37.3 Å². The van der Waals surface area contributed by atoms with E-state index >= 15 is 0 Å². The minimum atomic E-state index is -0.221. The van der Waals surface area contributed by atoms with Crippen LogP contribution in [0.1, 0.15) is 36.3 Å². The van der Waals surface area contributed by atoms with Gasteiger partial charge in [-0.05, 0) is 31.0 Å². The summed E-state index contributed by atoms with van der Waals surface area (Å²) in [5.41, 5.74) is 1.37. The zero-order valence-corrected chi connectivity index (χ0v) is 12.3. The Hall–Kier alpha value is -2.43. The molecular weight excluding hydrogens is 264 g/mol. The Morgan fingerprint density at radius 2 is 1.90 bits per heavy atom. The number of anilines is 1. The molecule has 110 valence electrons. The van der Waals surface area contributed by atoms with E-state index in [1.54, 1.807) is 12.1 Å². The van der Waals surface area contributed by atoms with E-state index in [4.69, 9.17) is 0 Å². The monoisotopic (exact) mass is 284 g/mol. The van der Waals surface area contributed by atoms with E-state index in [1.165, 1.54) is 0 Å². The molecule has 2 aromatic rings. The number of rotatable bonds is 6. The van der Waals surface area contributed by atoms with E-state index in [0.29, 0.717) is 24.1 Å². The van der Waals surface area contributed by atoms with Gasteiger partial charge < -0.3 is 10.6 Å². The number of carbonyl (C=O) groups is 1. The fraction of sp³-hybridized carbons (Fsp3) is 0.312. The molecule has 0 saturated carbocycles. The van der Waals surface area contributed by atoms with Crippen molar-refractivity contribution in [2.75, 3.05) is 5.32 Å². The Bertz CT molecular complexity index is 569. The van der Waals surface area contributed by atoms with Crippen LogP contribution in [0.4, 0.5) is 5.82 Å². The third-order valence-corrected chi connectivity index (χ3v) is 3.20. The Morgan fingerprint density at radius 3 is 2.52 bits per heavy atom. The molecule has 1 aromatic heterocycles. The van der Waals surface area contributed by atoms with Gasteiger partial charge >= 0.3 is 0 Å². The van der Waals surface area contributed by atoms with Crippen LogP contribution in [0.25, 0.3) is 0 Å². The zero-order valence-electron chi connectivity index (χ0n) is 12.3. The topological polar surface area (TPSA) is 66.9 Å².